The quantitative estimate of drug-likeness (QED) is 0.357. The number of pyridine rings is 1. The molecule has 1 N–H and O–H groups in total. The van der Waals surface area contributed by atoms with Crippen molar-refractivity contribution in [1.82, 2.24) is 9.88 Å². The first kappa shape index (κ1) is 21.3. The van der Waals surface area contributed by atoms with E-state index in [0.29, 0.717) is 17.9 Å². The largest absolute Gasteiger partial charge is 0.507 e. The molecule has 2 aromatic carbocycles. The summed E-state index contributed by atoms with van der Waals surface area (Å²) in [7, 11) is 0. The van der Waals surface area contributed by atoms with E-state index in [4.69, 9.17) is 4.74 Å². The molecule has 1 saturated heterocycles. The predicted molar refractivity (Wildman–Crippen MR) is 121 cm³/mol. The molecule has 6 nitrogen and oxygen atoms in total. The zero-order valence-corrected chi connectivity index (χ0v) is 18.0. The Morgan fingerprint density at radius 2 is 1.81 bits per heavy atom. The molecule has 1 fully saturated rings. The first-order valence-corrected chi connectivity index (χ1v) is 10.5. The second-order valence-corrected chi connectivity index (χ2v) is 7.60. The summed E-state index contributed by atoms with van der Waals surface area (Å²) in [6, 6.07) is 17.3. The number of benzene rings is 2. The number of nitrogens with zero attached hydrogens (tertiary/aromatic N) is 2. The van der Waals surface area contributed by atoms with Crippen molar-refractivity contribution in [2.75, 3.05) is 6.61 Å². The molecule has 32 heavy (non-hydrogen) atoms. The molecule has 4 rings (SSSR count). The minimum absolute atomic E-state index is 0.0809. The highest BCUT2D eigenvalue weighted by Gasteiger charge is 2.46. The van der Waals surface area contributed by atoms with Gasteiger partial charge in [-0.1, -0.05) is 30.3 Å². The molecular formula is C26H24N2O4. The van der Waals surface area contributed by atoms with Crippen LogP contribution in [0.15, 0.2) is 78.6 Å². The third-order valence-corrected chi connectivity index (χ3v) is 5.54. The number of carbonyl (C=O) groups is 2. The molecule has 1 amide bonds. The van der Waals surface area contributed by atoms with Crippen LogP contribution >= 0.6 is 0 Å². The van der Waals surface area contributed by atoms with Gasteiger partial charge in [-0.2, -0.15) is 0 Å². The van der Waals surface area contributed by atoms with Crippen molar-refractivity contribution in [1.29, 1.82) is 0 Å². The van der Waals surface area contributed by atoms with E-state index in [1.807, 2.05) is 44.2 Å². The summed E-state index contributed by atoms with van der Waals surface area (Å²) in [4.78, 5) is 31.8. The Bertz CT molecular complexity index is 1170. The van der Waals surface area contributed by atoms with Crippen LogP contribution in [0.2, 0.25) is 0 Å². The number of amides is 1. The Balaban J connectivity index is 1.84. The smallest absolute Gasteiger partial charge is 0.295 e. The Morgan fingerprint density at radius 1 is 1.06 bits per heavy atom. The Labute approximate surface area is 186 Å². The number of ketones is 1. The number of aliphatic hydroxyl groups excluding tert-OH is 1. The number of likely N-dealkylation sites (tertiary alicyclic amines) is 1. The van der Waals surface area contributed by atoms with E-state index < -0.39 is 17.7 Å². The number of hydrogen-bond acceptors (Lipinski definition) is 5. The maximum atomic E-state index is 13.1. The lowest BCUT2D eigenvalue weighted by atomic mass is 9.92. The molecule has 1 aliphatic heterocycles. The van der Waals surface area contributed by atoms with E-state index in [1.165, 1.54) is 4.90 Å². The molecule has 3 aromatic rings. The van der Waals surface area contributed by atoms with Gasteiger partial charge in [0.15, 0.2) is 0 Å². The van der Waals surface area contributed by atoms with Crippen LogP contribution in [-0.4, -0.2) is 33.3 Å². The fourth-order valence-corrected chi connectivity index (χ4v) is 3.98. The topological polar surface area (TPSA) is 79.7 Å². The lowest BCUT2D eigenvalue weighted by Crippen LogP contribution is -2.29. The lowest BCUT2D eigenvalue weighted by Gasteiger charge is -2.26. The monoisotopic (exact) mass is 428 g/mol. The predicted octanol–water partition coefficient (Wildman–Crippen LogP) is 4.41. The van der Waals surface area contributed by atoms with Crippen LogP contribution in [0.25, 0.3) is 5.76 Å². The van der Waals surface area contributed by atoms with Crippen LogP contribution in [0, 0.1) is 6.92 Å². The zero-order valence-electron chi connectivity index (χ0n) is 18.0. The molecule has 0 saturated carbocycles. The van der Waals surface area contributed by atoms with Gasteiger partial charge in [-0.15, -0.1) is 0 Å². The van der Waals surface area contributed by atoms with Crippen LogP contribution in [0.4, 0.5) is 0 Å². The zero-order chi connectivity index (χ0) is 22.7. The molecule has 1 aromatic heterocycles. The van der Waals surface area contributed by atoms with Crippen molar-refractivity contribution in [3.63, 3.8) is 0 Å². The van der Waals surface area contributed by atoms with Gasteiger partial charge in [0.05, 0.1) is 18.2 Å². The van der Waals surface area contributed by atoms with Gasteiger partial charge >= 0.3 is 0 Å². The minimum Gasteiger partial charge on any atom is -0.507 e. The average Bonchev–Trinajstić information content (AvgIpc) is 3.05. The van der Waals surface area contributed by atoms with Crippen molar-refractivity contribution >= 4 is 17.4 Å². The third kappa shape index (κ3) is 3.99. The molecular weight excluding hydrogens is 404 g/mol. The van der Waals surface area contributed by atoms with E-state index in [2.05, 4.69) is 4.98 Å². The fraction of sp³-hybridized carbons (Fsp3) is 0.192. The average molecular weight is 428 g/mol. The standard InChI is InChI=1S/C26H24N2O4/c1-3-32-20-12-10-19(11-13-20)24(29)22-23(21-9-5-4-7-17(21)2)28(26(31)25(22)30)16-18-8-6-14-27-15-18/h4-15,23,29H,3,16H2,1-2H3/b24-22-. The second kappa shape index (κ2) is 9.06. The summed E-state index contributed by atoms with van der Waals surface area (Å²) >= 11 is 0. The van der Waals surface area contributed by atoms with Crippen molar-refractivity contribution in [3.8, 4) is 5.75 Å². The van der Waals surface area contributed by atoms with E-state index in [1.54, 1.807) is 42.7 Å². The summed E-state index contributed by atoms with van der Waals surface area (Å²) < 4.78 is 5.46. The molecule has 162 valence electrons. The molecule has 1 atom stereocenters. The van der Waals surface area contributed by atoms with E-state index in [-0.39, 0.29) is 17.9 Å². The van der Waals surface area contributed by atoms with Crippen LogP contribution in [0.1, 0.15) is 35.2 Å². The summed E-state index contributed by atoms with van der Waals surface area (Å²) in [5.74, 6) is -0.881. The highest BCUT2D eigenvalue weighted by molar-refractivity contribution is 6.46. The van der Waals surface area contributed by atoms with E-state index in [9.17, 15) is 14.7 Å². The van der Waals surface area contributed by atoms with Crippen molar-refractivity contribution in [2.45, 2.75) is 26.4 Å². The minimum atomic E-state index is -0.706. The number of hydrogen-bond donors (Lipinski definition) is 1. The van der Waals surface area contributed by atoms with Gasteiger partial charge in [-0.25, -0.2) is 0 Å². The Hall–Kier alpha value is -3.93. The maximum Gasteiger partial charge on any atom is 0.295 e. The summed E-state index contributed by atoms with van der Waals surface area (Å²) in [5.41, 5.74) is 3.05. The summed E-state index contributed by atoms with van der Waals surface area (Å²) in [6.07, 6.45) is 3.32. The van der Waals surface area contributed by atoms with Crippen LogP contribution in [0.3, 0.4) is 0 Å². The van der Waals surface area contributed by atoms with Crippen LogP contribution < -0.4 is 4.74 Å². The number of rotatable bonds is 6. The molecule has 0 bridgehead atoms. The van der Waals surface area contributed by atoms with Gasteiger partial charge in [-0.05, 0) is 60.9 Å². The van der Waals surface area contributed by atoms with Gasteiger partial charge in [0.1, 0.15) is 11.5 Å². The van der Waals surface area contributed by atoms with E-state index in [0.717, 1.165) is 16.7 Å². The maximum absolute atomic E-state index is 13.1. The molecule has 1 unspecified atom stereocenters. The molecule has 0 radical (unpaired) electrons. The lowest BCUT2D eigenvalue weighted by molar-refractivity contribution is -0.140. The Morgan fingerprint density at radius 3 is 2.47 bits per heavy atom. The third-order valence-electron chi connectivity index (χ3n) is 5.54. The second-order valence-electron chi connectivity index (χ2n) is 7.60. The molecule has 0 spiro atoms. The molecule has 0 aliphatic carbocycles. The summed E-state index contributed by atoms with van der Waals surface area (Å²) in [5, 5.41) is 11.2. The number of Topliss-reactive ketones (excluding diaryl/α,β-unsaturated/α-hetero) is 1. The van der Waals surface area contributed by atoms with Crippen molar-refractivity contribution in [3.05, 3.63) is 101 Å². The van der Waals surface area contributed by atoms with Crippen molar-refractivity contribution < 1.29 is 19.4 Å². The summed E-state index contributed by atoms with van der Waals surface area (Å²) in [6.45, 7) is 4.55. The van der Waals surface area contributed by atoms with Gasteiger partial charge in [0.2, 0.25) is 0 Å². The highest BCUT2D eigenvalue weighted by Crippen LogP contribution is 2.41. The normalized spacial score (nSPS) is 17.6. The van der Waals surface area contributed by atoms with Gasteiger partial charge in [0, 0.05) is 24.5 Å². The SMILES string of the molecule is CCOc1ccc(/C(O)=C2/C(=O)C(=O)N(Cc3cccnc3)C2c2ccccc2C)cc1. The number of carbonyl (C=O) groups excluding carboxylic acids is 2. The molecule has 6 heteroatoms. The number of aromatic nitrogens is 1. The van der Waals surface area contributed by atoms with E-state index >= 15 is 0 Å². The molecule has 2 heterocycles. The Kier molecular flexibility index (Phi) is 6.03. The number of aliphatic hydroxyl groups is 1. The first-order valence-electron chi connectivity index (χ1n) is 10.5. The fourth-order valence-electron chi connectivity index (χ4n) is 3.98. The van der Waals surface area contributed by atoms with Crippen molar-refractivity contribution in [2.24, 2.45) is 0 Å². The van der Waals surface area contributed by atoms with Gasteiger partial charge in [-0.3, -0.25) is 14.6 Å². The number of ether oxygens (including phenoxy) is 1. The number of aryl methyl sites for hydroxylation is 1. The first-order chi connectivity index (χ1) is 15.5. The van der Waals surface area contributed by atoms with Crippen LogP contribution in [0.5, 0.6) is 5.75 Å². The highest BCUT2D eigenvalue weighted by atomic mass is 16.5. The van der Waals surface area contributed by atoms with Crippen LogP contribution in [-0.2, 0) is 16.1 Å². The van der Waals surface area contributed by atoms with Gasteiger partial charge in [0.25, 0.3) is 11.7 Å². The molecule has 1 aliphatic rings. The van der Waals surface area contributed by atoms with Gasteiger partial charge < -0.3 is 14.7 Å².